The van der Waals surface area contributed by atoms with E-state index in [0.29, 0.717) is 31.6 Å². The van der Waals surface area contributed by atoms with Crippen molar-refractivity contribution in [1.82, 2.24) is 0 Å². The first-order chi connectivity index (χ1) is 46.4. The molecule has 0 aliphatic carbocycles. The van der Waals surface area contributed by atoms with Crippen molar-refractivity contribution < 1.29 is 80.2 Å². The molecule has 0 aromatic rings. The Morgan fingerprint density at radius 1 is 0.302 bits per heavy atom. The van der Waals surface area contributed by atoms with E-state index in [1.807, 2.05) is 0 Å². The predicted molar refractivity (Wildman–Crippen MR) is 391 cm³/mol. The van der Waals surface area contributed by atoms with E-state index in [2.05, 4.69) is 41.5 Å². The molecule has 19 heteroatoms. The highest BCUT2D eigenvalue weighted by atomic mass is 31.2. The third kappa shape index (κ3) is 69.2. The van der Waals surface area contributed by atoms with Gasteiger partial charge in [0.05, 0.1) is 26.4 Å². The topological polar surface area (TPSA) is 237 Å². The summed E-state index contributed by atoms with van der Waals surface area (Å²) in [5, 5.41) is 10.6. The molecule has 0 saturated carbocycles. The van der Waals surface area contributed by atoms with Crippen LogP contribution in [0.4, 0.5) is 0 Å². The molecule has 0 aromatic carbocycles. The van der Waals surface area contributed by atoms with E-state index in [4.69, 9.17) is 37.0 Å². The molecule has 0 aliphatic heterocycles. The van der Waals surface area contributed by atoms with Gasteiger partial charge in [-0.2, -0.15) is 0 Å². The van der Waals surface area contributed by atoms with Gasteiger partial charge in [-0.15, -0.1) is 0 Å². The van der Waals surface area contributed by atoms with E-state index in [9.17, 15) is 43.2 Å². The first-order valence-electron chi connectivity index (χ1n) is 40.0. The molecule has 0 radical (unpaired) electrons. The van der Waals surface area contributed by atoms with Crippen LogP contribution < -0.4 is 0 Å². The van der Waals surface area contributed by atoms with Gasteiger partial charge in [0.25, 0.3) is 0 Å². The largest absolute Gasteiger partial charge is 0.472 e. The van der Waals surface area contributed by atoms with E-state index in [0.717, 1.165) is 95.8 Å². The van der Waals surface area contributed by atoms with Crippen LogP contribution in [-0.2, 0) is 65.4 Å². The van der Waals surface area contributed by atoms with Gasteiger partial charge in [0.2, 0.25) is 0 Å². The molecule has 0 aromatic heterocycles. The van der Waals surface area contributed by atoms with E-state index < -0.39 is 97.5 Å². The maximum atomic E-state index is 13.1. The van der Waals surface area contributed by atoms with Crippen LogP contribution >= 0.6 is 15.6 Å². The number of aliphatic hydroxyl groups excluding tert-OH is 1. The van der Waals surface area contributed by atoms with Crippen molar-refractivity contribution in [1.29, 1.82) is 0 Å². The molecule has 570 valence electrons. The van der Waals surface area contributed by atoms with Crippen LogP contribution in [0.5, 0.6) is 0 Å². The van der Waals surface area contributed by atoms with Crippen LogP contribution in [0.1, 0.15) is 401 Å². The molecule has 0 spiro atoms. The number of rotatable bonds is 76. The number of phosphoric acid groups is 2. The van der Waals surface area contributed by atoms with Gasteiger partial charge in [0, 0.05) is 25.7 Å². The second-order valence-corrected chi connectivity index (χ2v) is 31.4. The molecule has 0 bridgehead atoms. The summed E-state index contributed by atoms with van der Waals surface area (Å²) in [7, 11) is -9.91. The number of aliphatic hydroxyl groups is 1. The number of esters is 4. The molecule has 6 atom stereocenters. The molecule has 3 N–H and O–H groups in total. The van der Waals surface area contributed by atoms with Crippen molar-refractivity contribution in [3.05, 3.63) is 0 Å². The van der Waals surface area contributed by atoms with E-state index in [1.54, 1.807) is 0 Å². The summed E-state index contributed by atoms with van der Waals surface area (Å²) in [6, 6.07) is 0. The zero-order valence-electron chi connectivity index (χ0n) is 62.7. The highest BCUT2D eigenvalue weighted by Gasteiger charge is 2.30. The van der Waals surface area contributed by atoms with Crippen LogP contribution in [0.2, 0.25) is 0 Å². The number of phosphoric ester groups is 2. The van der Waals surface area contributed by atoms with E-state index >= 15 is 0 Å². The van der Waals surface area contributed by atoms with Crippen LogP contribution in [0, 0.1) is 11.8 Å². The minimum absolute atomic E-state index is 0.104. The van der Waals surface area contributed by atoms with Crippen LogP contribution in [0.25, 0.3) is 0 Å². The smallest absolute Gasteiger partial charge is 0.462 e. The molecule has 0 amide bonds. The van der Waals surface area contributed by atoms with Crippen molar-refractivity contribution in [2.24, 2.45) is 11.8 Å². The Morgan fingerprint density at radius 2 is 0.531 bits per heavy atom. The van der Waals surface area contributed by atoms with Gasteiger partial charge in [0.15, 0.2) is 12.2 Å². The summed E-state index contributed by atoms with van der Waals surface area (Å²) in [6.45, 7) is 9.58. The maximum Gasteiger partial charge on any atom is 0.472 e. The summed E-state index contributed by atoms with van der Waals surface area (Å²) in [5.41, 5.74) is 0. The zero-order valence-corrected chi connectivity index (χ0v) is 64.5. The number of hydrogen-bond donors (Lipinski definition) is 3. The number of ether oxygens (including phenoxy) is 4. The van der Waals surface area contributed by atoms with E-state index in [-0.39, 0.29) is 25.7 Å². The van der Waals surface area contributed by atoms with Crippen molar-refractivity contribution in [2.75, 3.05) is 39.6 Å². The fourth-order valence-electron chi connectivity index (χ4n) is 11.8. The SMILES string of the molecule is CCCCCCCCCCCCCCCCCCCCCC(=O)O[C@H](COC(=O)CCCCCCCCCCCCCCCCC(C)CC)COP(=O)(O)OC[C@@H](O)COP(=O)(O)OC[C@@H](COC(=O)CCCCCCCCCCC)OC(=O)CCCCCCCCCC(C)C. The fourth-order valence-corrected chi connectivity index (χ4v) is 13.4. The Bertz CT molecular complexity index is 1860. The molecule has 0 saturated heterocycles. The molecule has 0 heterocycles. The predicted octanol–water partition coefficient (Wildman–Crippen LogP) is 22.7. The number of hydrogen-bond acceptors (Lipinski definition) is 15. The summed E-state index contributed by atoms with van der Waals surface area (Å²) in [6.07, 6.45) is 57.0. The average molecular weight is 1410 g/mol. The van der Waals surface area contributed by atoms with Crippen molar-refractivity contribution in [2.45, 2.75) is 419 Å². The highest BCUT2D eigenvalue weighted by molar-refractivity contribution is 7.47. The van der Waals surface area contributed by atoms with Gasteiger partial charge in [-0.05, 0) is 37.5 Å². The van der Waals surface area contributed by atoms with Gasteiger partial charge in [-0.1, -0.05) is 350 Å². The van der Waals surface area contributed by atoms with Crippen molar-refractivity contribution in [3.8, 4) is 0 Å². The molecule has 3 unspecified atom stereocenters. The Labute approximate surface area is 588 Å². The first kappa shape index (κ1) is 94.1. The summed E-state index contributed by atoms with van der Waals surface area (Å²) < 4.78 is 68.5. The summed E-state index contributed by atoms with van der Waals surface area (Å²) >= 11 is 0. The van der Waals surface area contributed by atoms with Gasteiger partial charge in [0.1, 0.15) is 19.3 Å². The fraction of sp³-hybridized carbons (Fsp3) is 0.948. The third-order valence-electron chi connectivity index (χ3n) is 18.3. The first-order valence-corrected chi connectivity index (χ1v) is 43.0. The molecule has 17 nitrogen and oxygen atoms in total. The Hall–Kier alpha value is -1.94. The molecule has 0 fully saturated rings. The highest BCUT2D eigenvalue weighted by Crippen LogP contribution is 2.45. The second-order valence-electron chi connectivity index (χ2n) is 28.5. The normalized spacial score (nSPS) is 14.3. The van der Waals surface area contributed by atoms with E-state index in [1.165, 1.54) is 218 Å². The Balaban J connectivity index is 5.20. The quantitative estimate of drug-likeness (QED) is 0.0222. The van der Waals surface area contributed by atoms with Crippen molar-refractivity contribution in [3.63, 3.8) is 0 Å². The summed E-state index contributed by atoms with van der Waals surface area (Å²) in [5.74, 6) is -0.572. The van der Waals surface area contributed by atoms with Gasteiger partial charge in [-0.3, -0.25) is 37.3 Å². The lowest BCUT2D eigenvalue weighted by Gasteiger charge is -2.21. The molecule has 96 heavy (non-hydrogen) atoms. The minimum Gasteiger partial charge on any atom is -0.462 e. The lowest BCUT2D eigenvalue weighted by atomic mass is 9.99. The maximum absolute atomic E-state index is 13.1. The van der Waals surface area contributed by atoms with Crippen molar-refractivity contribution >= 4 is 39.5 Å². The molecular weight excluding hydrogens is 1260 g/mol. The summed E-state index contributed by atoms with van der Waals surface area (Å²) in [4.78, 5) is 72.7. The number of unbranched alkanes of at least 4 members (excludes halogenated alkanes) is 45. The monoisotopic (exact) mass is 1410 g/mol. The van der Waals surface area contributed by atoms with Gasteiger partial charge >= 0.3 is 39.5 Å². The number of carbonyl (C=O) groups excluding carboxylic acids is 4. The zero-order chi connectivity index (χ0) is 70.7. The minimum atomic E-state index is -4.96. The third-order valence-corrected chi connectivity index (χ3v) is 20.2. The van der Waals surface area contributed by atoms with Crippen LogP contribution in [-0.4, -0.2) is 96.7 Å². The second kappa shape index (κ2) is 68.8. The molecular formula is C77H150O17P2. The molecule has 0 aliphatic rings. The van der Waals surface area contributed by atoms with Crippen LogP contribution in [0.15, 0.2) is 0 Å². The van der Waals surface area contributed by atoms with Gasteiger partial charge in [-0.25, -0.2) is 9.13 Å². The standard InChI is InChI=1S/C77H150O17P2/c1-7-10-12-14-16-18-19-20-21-22-23-24-25-30-33-37-43-49-55-61-76(81)93-72(65-88-75(80)60-54-48-42-36-32-29-27-26-28-31-35-40-46-52-58-70(6)9-3)67-91-95(83,84)89-63-71(78)64-90-96(85,86)92-68-73(66-87-74(79)59-53-47-41-34-17-15-13-11-8-2)94-77(82)62-56-50-44-38-39-45-51-57-69(4)5/h69-73,78H,7-68H2,1-6H3,(H,83,84)(H,85,86)/t70?,71-,72-,73-/m1/s1. The lowest BCUT2D eigenvalue weighted by Crippen LogP contribution is -2.30. The Morgan fingerprint density at radius 3 is 0.792 bits per heavy atom. The molecule has 0 rings (SSSR count). The number of carbonyl (C=O) groups is 4. The van der Waals surface area contributed by atoms with Gasteiger partial charge < -0.3 is 33.8 Å². The average Bonchev–Trinajstić information content (AvgIpc) is 1.11. The van der Waals surface area contributed by atoms with Crippen LogP contribution in [0.3, 0.4) is 0 Å². The Kier molecular flexibility index (Phi) is 67.4. The lowest BCUT2D eigenvalue weighted by molar-refractivity contribution is -0.161.